The Kier molecular flexibility index (Phi) is 4.65. The third kappa shape index (κ3) is 3.46. The third-order valence-electron chi connectivity index (χ3n) is 3.71. The number of thiophene rings is 1. The lowest BCUT2D eigenvalue weighted by Crippen LogP contribution is -2.42. The Bertz CT molecular complexity index is 409. The Hall–Kier alpha value is -0.580. The van der Waals surface area contributed by atoms with Gasteiger partial charge in [0.2, 0.25) is 5.91 Å². The number of amides is 1. The summed E-state index contributed by atoms with van der Waals surface area (Å²) in [7, 11) is 0. The van der Waals surface area contributed by atoms with Crippen LogP contribution >= 0.6 is 22.9 Å². The number of halogens is 1. The minimum Gasteiger partial charge on any atom is -0.356 e. The van der Waals surface area contributed by atoms with Crippen molar-refractivity contribution < 1.29 is 4.79 Å². The van der Waals surface area contributed by atoms with Crippen LogP contribution in [0.5, 0.6) is 0 Å². The van der Waals surface area contributed by atoms with Crippen LogP contribution in [0.15, 0.2) is 12.1 Å². The van der Waals surface area contributed by atoms with Crippen LogP contribution in [0.25, 0.3) is 0 Å². The summed E-state index contributed by atoms with van der Waals surface area (Å²) in [6.45, 7) is 1.30. The van der Waals surface area contributed by atoms with Crippen LogP contribution in [0.3, 0.4) is 0 Å². The van der Waals surface area contributed by atoms with E-state index >= 15 is 0 Å². The highest BCUT2D eigenvalue weighted by atomic mass is 35.5. The van der Waals surface area contributed by atoms with Crippen molar-refractivity contribution in [3.63, 3.8) is 0 Å². The van der Waals surface area contributed by atoms with Crippen molar-refractivity contribution >= 4 is 28.8 Å². The molecule has 1 amide bonds. The number of carbonyl (C=O) groups excluding carboxylic acids is 1. The van der Waals surface area contributed by atoms with Gasteiger partial charge in [0, 0.05) is 17.8 Å². The van der Waals surface area contributed by atoms with Crippen molar-refractivity contribution in [1.82, 2.24) is 5.32 Å². The van der Waals surface area contributed by atoms with E-state index in [1.165, 1.54) is 11.3 Å². The van der Waals surface area contributed by atoms with E-state index in [2.05, 4.69) is 5.32 Å². The van der Waals surface area contributed by atoms with Gasteiger partial charge in [-0.25, -0.2) is 0 Å². The zero-order valence-electron chi connectivity index (χ0n) is 10.4. The zero-order chi connectivity index (χ0) is 13.0. The van der Waals surface area contributed by atoms with Gasteiger partial charge < -0.3 is 11.1 Å². The van der Waals surface area contributed by atoms with Crippen LogP contribution in [-0.2, 0) is 11.2 Å². The first-order valence-corrected chi connectivity index (χ1v) is 7.54. The van der Waals surface area contributed by atoms with E-state index in [4.69, 9.17) is 17.3 Å². The number of rotatable bonds is 6. The van der Waals surface area contributed by atoms with Gasteiger partial charge >= 0.3 is 0 Å². The molecule has 2 rings (SSSR count). The molecular formula is C13H19ClN2OS. The molecule has 1 aromatic heterocycles. The van der Waals surface area contributed by atoms with Gasteiger partial charge in [0.15, 0.2) is 0 Å². The molecule has 0 spiro atoms. The third-order valence-corrected chi connectivity index (χ3v) is 5.00. The average molecular weight is 287 g/mol. The molecule has 0 radical (unpaired) electrons. The lowest BCUT2D eigenvalue weighted by molar-refractivity contribution is -0.124. The topological polar surface area (TPSA) is 55.1 Å². The summed E-state index contributed by atoms with van der Waals surface area (Å²) in [6, 6.07) is 3.90. The number of nitrogens with one attached hydrogen (secondary N) is 1. The number of carbonyl (C=O) groups is 1. The first-order chi connectivity index (χ1) is 8.63. The molecule has 0 atom stereocenters. The molecule has 0 unspecified atom stereocenters. The van der Waals surface area contributed by atoms with Crippen LogP contribution in [0.4, 0.5) is 0 Å². The van der Waals surface area contributed by atoms with E-state index in [0.717, 1.165) is 23.6 Å². The molecule has 1 aliphatic carbocycles. The summed E-state index contributed by atoms with van der Waals surface area (Å²) in [6.07, 6.45) is 4.82. The molecule has 0 saturated heterocycles. The van der Waals surface area contributed by atoms with E-state index in [9.17, 15) is 4.79 Å². The van der Waals surface area contributed by atoms with Crippen LogP contribution in [0.1, 0.15) is 30.6 Å². The van der Waals surface area contributed by atoms with Crippen LogP contribution in [0, 0.1) is 5.41 Å². The molecule has 1 heterocycles. The molecule has 3 nitrogen and oxygen atoms in total. The minimum absolute atomic E-state index is 0.0936. The van der Waals surface area contributed by atoms with Gasteiger partial charge in [-0.2, -0.15) is 0 Å². The first-order valence-electron chi connectivity index (χ1n) is 6.35. The predicted molar refractivity (Wildman–Crippen MR) is 76.0 cm³/mol. The summed E-state index contributed by atoms with van der Waals surface area (Å²) >= 11 is 7.42. The molecule has 1 aromatic rings. The van der Waals surface area contributed by atoms with Crippen LogP contribution in [-0.4, -0.2) is 19.0 Å². The highest BCUT2D eigenvalue weighted by Crippen LogP contribution is 2.42. The Labute approximate surface area is 117 Å². The van der Waals surface area contributed by atoms with Gasteiger partial charge in [0.05, 0.1) is 4.34 Å². The molecular weight excluding hydrogens is 268 g/mol. The van der Waals surface area contributed by atoms with Crippen molar-refractivity contribution in [1.29, 1.82) is 0 Å². The summed E-state index contributed by atoms with van der Waals surface area (Å²) in [5, 5.41) is 2.97. The molecule has 1 saturated carbocycles. The molecule has 18 heavy (non-hydrogen) atoms. The number of hydrogen-bond acceptors (Lipinski definition) is 3. The van der Waals surface area contributed by atoms with Gasteiger partial charge in [0.25, 0.3) is 0 Å². The Morgan fingerprint density at radius 1 is 1.50 bits per heavy atom. The molecule has 0 aliphatic heterocycles. The molecule has 1 aliphatic rings. The van der Waals surface area contributed by atoms with Crippen molar-refractivity contribution in [2.45, 2.75) is 32.1 Å². The van der Waals surface area contributed by atoms with Crippen molar-refractivity contribution in [3.05, 3.63) is 21.3 Å². The van der Waals surface area contributed by atoms with E-state index < -0.39 is 0 Å². The highest BCUT2D eigenvalue weighted by molar-refractivity contribution is 7.16. The molecule has 0 bridgehead atoms. The summed E-state index contributed by atoms with van der Waals surface area (Å²) in [5.41, 5.74) is 5.84. The van der Waals surface area contributed by atoms with Crippen LogP contribution in [0.2, 0.25) is 4.34 Å². The van der Waals surface area contributed by atoms with Gasteiger partial charge in [-0.3, -0.25) is 4.79 Å². The second-order valence-corrected chi connectivity index (χ2v) is 6.84. The summed E-state index contributed by atoms with van der Waals surface area (Å²) < 4.78 is 0.799. The van der Waals surface area contributed by atoms with E-state index in [1.54, 1.807) is 11.3 Å². The van der Waals surface area contributed by atoms with Gasteiger partial charge in [0.1, 0.15) is 0 Å². The molecule has 3 N–H and O–H groups in total. The average Bonchev–Trinajstić information content (AvgIpc) is 2.70. The van der Waals surface area contributed by atoms with E-state index in [1.807, 2.05) is 12.1 Å². The monoisotopic (exact) mass is 286 g/mol. The lowest BCUT2D eigenvalue weighted by atomic mass is 9.66. The number of hydrogen-bond donors (Lipinski definition) is 2. The van der Waals surface area contributed by atoms with Crippen molar-refractivity contribution in [3.8, 4) is 0 Å². The molecule has 100 valence electrons. The minimum atomic E-state index is 0.0936. The fourth-order valence-electron chi connectivity index (χ4n) is 2.34. The second-order valence-electron chi connectivity index (χ2n) is 5.04. The smallest absolute Gasteiger partial charge is 0.220 e. The van der Waals surface area contributed by atoms with Gasteiger partial charge in [-0.1, -0.05) is 18.0 Å². The highest BCUT2D eigenvalue weighted by Gasteiger charge is 2.37. The largest absolute Gasteiger partial charge is 0.356 e. The maximum Gasteiger partial charge on any atom is 0.220 e. The van der Waals surface area contributed by atoms with E-state index in [-0.39, 0.29) is 11.3 Å². The molecule has 0 aromatic carbocycles. The van der Waals surface area contributed by atoms with Gasteiger partial charge in [-0.05, 0) is 43.4 Å². The van der Waals surface area contributed by atoms with Gasteiger partial charge in [-0.15, -0.1) is 11.3 Å². The Balaban J connectivity index is 1.69. The van der Waals surface area contributed by atoms with Crippen molar-refractivity contribution in [2.24, 2.45) is 11.1 Å². The van der Waals surface area contributed by atoms with Crippen molar-refractivity contribution in [2.75, 3.05) is 13.1 Å². The maximum atomic E-state index is 11.8. The fourth-order valence-corrected chi connectivity index (χ4v) is 3.43. The summed E-state index contributed by atoms with van der Waals surface area (Å²) in [4.78, 5) is 13.0. The summed E-state index contributed by atoms with van der Waals surface area (Å²) in [5.74, 6) is 0.128. The predicted octanol–water partition coefficient (Wildman–Crippen LogP) is 2.58. The first kappa shape index (κ1) is 13.8. The Morgan fingerprint density at radius 3 is 2.78 bits per heavy atom. The zero-order valence-corrected chi connectivity index (χ0v) is 11.9. The standard InChI is InChI=1S/C13H19ClN2OS/c14-11-3-2-10(18-11)4-7-16-12(17)8-13(9-15)5-1-6-13/h2-3H,1,4-9,15H2,(H,16,17). The van der Waals surface area contributed by atoms with E-state index in [0.29, 0.717) is 19.5 Å². The quantitative estimate of drug-likeness (QED) is 0.844. The molecule has 1 fully saturated rings. The maximum absolute atomic E-state index is 11.8. The van der Waals surface area contributed by atoms with Crippen LogP contribution < -0.4 is 11.1 Å². The SMILES string of the molecule is NCC1(CC(=O)NCCc2ccc(Cl)s2)CCC1. The molecule has 5 heteroatoms. The fraction of sp³-hybridized carbons (Fsp3) is 0.615. The second kappa shape index (κ2) is 6.04. The lowest BCUT2D eigenvalue weighted by Gasteiger charge is -2.40. The Morgan fingerprint density at radius 2 is 2.28 bits per heavy atom. The number of nitrogens with two attached hydrogens (primary N) is 1. The normalized spacial score (nSPS) is 17.2.